The second-order valence-corrected chi connectivity index (χ2v) is 6.05. The van der Waals surface area contributed by atoms with E-state index in [1.165, 1.54) is 12.4 Å². The minimum Gasteiger partial charge on any atom is -0.477 e. The summed E-state index contributed by atoms with van der Waals surface area (Å²) in [4.78, 5) is 23.9. The Morgan fingerprint density at radius 1 is 1.19 bits per heavy atom. The molecule has 2 aromatic heterocycles. The van der Waals surface area contributed by atoms with E-state index in [4.69, 9.17) is 4.74 Å². The van der Waals surface area contributed by atoms with Crippen molar-refractivity contribution < 1.29 is 14.6 Å². The Bertz CT molecular complexity index is 1020. The zero-order chi connectivity index (χ0) is 18.1. The Morgan fingerprint density at radius 2 is 2.00 bits per heavy atom. The largest absolute Gasteiger partial charge is 0.477 e. The van der Waals surface area contributed by atoms with Gasteiger partial charge in [-0.25, -0.2) is 4.79 Å². The predicted molar refractivity (Wildman–Crippen MR) is 91.6 cm³/mol. The first-order valence-corrected chi connectivity index (χ1v) is 8.23. The third-order valence-electron chi connectivity index (χ3n) is 4.26. The average Bonchev–Trinajstić information content (AvgIpc) is 3.23. The third-order valence-corrected chi connectivity index (χ3v) is 4.26. The molecule has 26 heavy (non-hydrogen) atoms. The van der Waals surface area contributed by atoms with E-state index in [9.17, 15) is 14.7 Å². The number of para-hydroxylation sites is 1. The molecule has 132 valence electrons. The van der Waals surface area contributed by atoms with Gasteiger partial charge in [-0.2, -0.15) is 0 Å². The molecular weight excluding hydrogens is 336 g/mol. The third kappa shape index (κ3) is 2.97. The SMILES string of the molecule is O=C(O)c1cn(Cc2nnc3n2CCC3)cc(Oc2ccccc2)c1=O. The van der Waals surface area contributed by atoms with E-state index in [2.05, 4.69) is 10.2 Å². The van der Waals surface area contributed by atoms with Crippen LogP contribution in [0, 0.1) is 0 Å². The maximum absolute atomic E-state index is 12.4. The molecule has 1 N–H and O–H groups in total. The smallest absolute Gasteiger partial charge is 0.341 e. The zero-order valence-electron chi connectivity index (χ0n) is 13.8. The molecule has 1 aromatic carbocycles. The van der Waals surface area contributed by atoms with E-state index in [1.807, 2.05) is 10.6 Å². The van der Waals surface area contributed by atoms with Gasteiger partial charge < -0.3 is 19.0 Å². The van der Waals surface area contributed by atoms with Crippen molar-refractivity contribution in [3.05, 3.63) is 70.2 Å². The number of benzene rings is 1. The van der Waals surface area contributed by atoms with Gasteiger partial charge in [0.1, 0.15) is 17.1 Å². The highest BCUT2D eigenvalue weighted by Gasteiger charge is 2.19. The fourth-order valence-electron chi connectivity index (χ4n) is 3.03. The van der Waals surface area contributed by atoms with Crippen LogP contribution < -0.4 is 10.2 Å². The number of aryl methyl sites for hydroxylation is 1. The van der Waals surface area contributed by atoms with E-state index in [1.54, 1.807) is 28.8 Å². The van der Waals surface area contributed by atoms with Crippen molar-refractivity contribution in [1.29, 1.82) is 0 Å². The Kier molecular flexibility index (Phi) is 4.00. The first-order valence-electron chi connectivity index (χ1n) is 8.23. The summed E-state index contributed by atoms with van der Waals surface area (Å²) in [6.45, 7) is 1.15. The number of nitrogens with zero attached hydrogens (tertiary/aromatic N) is 4. The molecule has 1 aliphatic rings. The van der Waals surface area contributed by atoms with E-state index in [0.717, 1.165) is 31.0 Å². The van der Waals surface area contributed by atoms with Crippen LogP contribution in [0.1, 0.15) is 28.4 Å². The Balaban J connectivity index is 1.72. The normalized spacial score (nSPS) is 12.8. The summed E-state index contributed by atoms with van der Waals surface area (Å²) in [6.07, 6.45) is 4.71. The van der Waals surface area contributed by atoms with Crippen LogP contribution in [0.3, 0.4) is 0 Å². The van der Waals surface area contributed by atoms with Crippen molar-refractivity contribution in [2.45, 2.75) is 25.9 Å². The van der Waals surface area contributed by atoms with E-state index in [-0.39, 0.29) is 11.3 Å². The number of fused-ring (bicyclic) bond motifs is 1. The molecule has 0 radical (unpaired) electrons. The van der Waals surface area contributed by atoms with Crippen molar-refractivity contribution in [2.75, 3.05) is 0 Å². The minimum absolute atomic E-state index is 0.0442. The lowest BCUT2D eigenvalue weighted by atomic mass is 10.2. The van der Waals surface area contributed by atoms with Crippen LogP contribution in [0.25, 0.3) is 0 Å². The number of aromatic nitrogens is 4. The zero-order valence-corrected chi connectivity index (χ0v) is 13.8. The molecule has 0 saturated heterocycles. The molecular formula is C18H16N4O4. The summed E-state index contributed by atoms with van der Waals surface area (Å²) in [5.74, 6) is 0.775. The van der Waals surface area contributed by atoms with E-state index < -0.39 is 11.4 Å². The molecule has 8 heteroatoms. The second kappa shape index (κ2) is 6.47. The number of hydrogen-bond donors (Lipinski definition) is 1. The lowest BCUT2D eigenvalue weighted by molar-refractivity contribution is 0.0694. The molecule has 0 spiro atoms. The molecule has 0 bridgehead atoms. The number of carboxylic acid groups (broad SMARTS) is 1. The van der Waals surface area contributed by atoms with Crippen LogP contribution in [0.2, 0.25) is 0 Å². The maximum atomic E-state index is 12.4. The highest BCUT2D eigenvalue weighted by molar-refractivity contribution is 5.87. The topological polar surface area (TPSA) is 99.2 Å². The summed E-state index contributed by atoms with van der Waals surface area (Å²) >= 11 is 0. The van der Waals surface area contributed by atoms with Gasteiger partial charge in [-0.1, -0.05) is 18.2 Å². The van der Waals surface area contributed by atoms with E-state index >= 15 is 0 Å². The van der Waals surface area contributed by atoms with Crippen LogP contribution in [0.5, 0.6) is 11.5 Å². The Labute approximate surface area is 148 Å². The summed E-state index contributed by atoms with van der Waals surface area (Å²) < 4.78 is 9.23. The van der Waals surface area contributed by atoms with Crippen LogP contribution in [-0.4, -0.2) is 30.4 Å². The number of pyridine rings is 1. The molecule has 0 aliphatic carbocycles. The fourth-order valence-corrected chi connectivity index (χ4v) is 3.03. The second-order valence-electron chi connectivity index (χ2n) is 6.05. The van der Waals surface area contributed by atoms with Crippen molar-refractivity contribution >= 4 is 5.97 Å². The van der Waals surface area contributed by atoms with Gasteiger partial charge in [0.15, 0.2) is 11.6 Å². The predicted octanol–water partition coefficient (Wildman–Crippen LogP) is 1.92. The van der Waals surface area contributed by atoms with E-state index in [0.29, 0.717) is 12.3 Å². The van der Waals surface area contributed by atoms with Crippen molar-refractivity contribution in [3.63, 3.8) is 0 Å². The van der Waals surface area contributed by atoms with Gasteiger partial charge in [0.05, 0.1) is 12.7 Å². The van der Waals surface area contributed by atoms with Crippen molar-refractivity contribution in [1.82, 2.24) is 19.3 Å². The molecule has 4 rings (SSSR count). The Morgan fingerprint density at radius 3 is 2.77 bits per heavy atom. The summed E-state index contributed by atoms with van der Waals surface area (Å²) in [5.41, 5.74) is -1.01. The van der Waals surface area contributed by atoms with Gasteiger partial charge in [0, 0.05) is 19.2 Å². The molecule has 8 nitrogen and oxygen atoms in total. The van der Waals surface area contributed by atoms with Crippen LogP contribution in [-0.2, 0) is 19.5 Å². The first-order chi connectivity index (χ1) is 12.6. The lowest BCUT2D eigenvalue weighted by Gasteiger charge is -2.11. The van der Waals surface area contributed by atoms with Gasteiger partial charge in [-0.05, 0) is 18.6 Å². The first kappa shape index (κ1) is 16.1. The number of carbonyl (C=O) groups is 1. The monoisotopic (exact) mass is 352 g/mol. The summed E-state index contributed by atoms with van der Waals surface area (Å²) in [7, 11) is 0. The highest BCUT2D eigenvalue weighted by atomic mass is 16.5. The lowest BCUT2D eigenvalue weighted by Crippen LogP contribution is -2.20. The van der Waals surface area contributed by atoms with Gasteiger partial charge in [0.25, 0.3) is 0 Å². The molecule has 0 amide bonds. The van der Waals surface area contributed by atoms with Crippen molar-refractivity contribution in [2.24, 2.45) is 0 Å². The number of carboxylic acids is 1. The number of aromatic carboxylic acids is 1. The number of ether oxygens (including phenoxy) is 1. The average molecular weight is 352 g/mol. The minimum atomic E-state index is -1.30. The van der Waals surface area contributed by atoms with Crippen molar-refractivity contribution in [3.8, 4) is 11.5 Å². The summed E-state index contributed by atoms with van der Waals surface area (Å²) in [6, 6.07) is 8.76. The van der Waals surface area contributed by atoms with Gasteiger partial charge in [-0.15, -0.1) is 10.2 Å². The van der Waals surface area contributed by atoms with Gasteiger partial charge >= 0.3 is 5.97 Å². The molecule has 1 aliphatic heterocycles. The van der Waals surface area contributed by atoms with Crippen LogP contribution in [0.4, 0.5) is 0 Å². The quantitative estimate of drug-likeness (QED) is 0.753. The molecule has 3 aromatic rings. The van der Waals surface area contributed by atoms with Crippen LogP contribution >= 0.6 is 0 Å². The van der Waals surface area contributed by atoms with Gasteiger partial charge in [-0.3, -0.25) is 4.79 Å². The molecule has 0 unspecified atom stereocenters. The number of rotatable bonds is 5. The standard InChI is InChI=1S/C18H16N4O4/c23-17-13(18(24)25)9-21(10-14(17)26-12-5-2-1-3-6-12)11-16-20-19-15-7-4-8-22(15)16/h1-3,5-6,9-10H,4,7-8,11H2,(H,24,25). The summed E-state index contributed by atoms with van der Waals surface area (Å²) in [5, 5.41) is 17.7. The fraction of sp³-hybridized carbons (Fsp3) is 0.222. The van der Waals surface area contributed by atoms with Gasteiger partial charge in [0.2, 0.25) is 5.43 Å². The molecule has 0 saturated carbocycles. The molecule has 0 fully saturated rings. The number of hydrogen-bond acceptors (Lipinski definition) is 5. The van der Waals surface area contributed by atoms with Crippen LogP contribution in [0.15, 0.2) is 47.5 Å². The molecule has 0 atom stereocenters. The molecule has 3 heterocycles. The Hall–Kier alpha value is -3.42. The highest BCUT2D eigenvalue weighted by Crippen LogP contribution is 2.19. The maximum Gasteiger partial charge on any atom is 0.341 e.